The maximum Gasteiger partial charge on any atom is 0.313 e. The Hall–Kier alpha value is -1.55. The van der Waals surface area contributed by atoms with Crippen LogP contribution in [0.1, 0.15) is 6.42 Å². The number of rotatable bonds is 5. The topological polar surface area (TPSA) is 44.8 Å². The highest BCUT2D eigenvalue weighted by atomic mass is 16.6. The molecule has 1 aromatic carbocycles. The van der Waals surface area contributed by atoms with Crippen LogP contribution in [0.2, 0.25) is 0 Å². The summed E-state index contributed by atoms with van der Waals surface area (Å²) < 4.78 is 14.9. The number of benzene rings is 1. The summed E-state index contributed by atoms with van der Waals surface area (Å²) in [6, 6.07) is 7.01. The Labute approximate surface area is 88.8 Å². The lowest BCUT2D eigenvalue weighted by molar-refractivity contribution is -0.135. The van der Waals surface area contributed by atoms with Crippen LogP contribution in [0.3, 0.4) is 0 Å². The quantitative estimate of drug-likeness (QED) is 0.547. The molecule has 15 heavy (non-hydrogen) atoms. The molecule has 0 saturated carbocycles. The average molecular weight is 210 g/mol. The van der Waals surface area contributed by atoms with Crippen LogP contribution in [-0.2, 0) is 9.53 Å². The highest BCUT2D eigenvalue weighted by molar-refractivity contribution is 5.73. The Balaban J connectivity index is 2.59. The molecular formula is C11H14O4. The van der Waals surface area contributed by atoms with E-state index in [1.54, 1.807) is 18.2 Å². The number of para-hydroxylation sites is 2. The predicted molar refractivity (Wildman–Crippen MR) is 55.1 cm³/mol. The highest BCUT2D eigenvalue weighted by Crippen LogP contribution is 2.25. The summed E-state index contributed by atoms with van der Waals surface area (Å²) in [5.41, 5.74) is 0. The Bertz CT molecular complexity index is 322. The van der Waals surface area contributed by atoms with Crippen LogP contribution < -0.4 is 9.47 Å². The van der Waals surface area contributed by atoms with Crippen molar-refractivity contribution < 1.29 is 19.0 Å². The summed E-state index contributed by atoms with van der Waals surface area (Å²) in [6.07, 6.45) is 0.231. The molecule has 0 radical (unpaired) electrons. The fourth-order valence-electron chi connectivity index (χ4n) is 1.06. The zero-order valence-corrected chi connectivity index (χ0v) is 8.86. The lowest BCUT2D eigenvalue weighted by Gasteiger charge is -2.08. The zero-order valence-electron chi connectivity index (χ0n) is 8.86. The molecule has 0 aliphatic heterocycles. The van der Waals surface area contributed by atoms with E-state index in [0.29, 0.717) is 18.1 Å². The van der Waals surface area contributed by atoms with Gasteiger partial charge in [0, 0.05) is 7.11 Å². The van der Waals surface area contributed by atoms with Gasteiger partial charge in [-0.1, -0.05) is 12.1 Å². The van der Waals surface area contributed by atoms with Crippen molar-refractivity contribution in [3.05, 3.63) is 24.3 Å². The molecule has 1 rings (SSSR count). The lowest BCUT2D eigenvalue weighted by Crippen LogP contribution is -2.11. The molecule has 0 fully saturated rings. The molecule has 0 aliphatic carbocycles. The molecule has 0 unspecified atom stereocenters. The summed E-state index contributed by atoms with van der Waals surface area (Å²) in [4.78, 5) is 11.3. The van der Waals surface area contributed by atoms with E-state index in [4.69, 9.17) is 14.2 Å². The fraction of sp³-hybridized carbons (Fsp3) is 0.364. The van der Waals surface area contributed by atoms with E-state index >= 15 is 0 Å². The summed E-state index contributed by atoms with van der Waals surface area (Å²) >= 11 is 0. The first kappa shape index (κ1) is 11.5. The van der Waals surface area contributed by atoms with E-state index in [2.05, 4.69) is 0 Å². The second kappa shape index (κ2) is 6.03. The molecular weight excluding hydrogens is 196 g/mol. The molecule has 0 N–H and O–H groups in total. The van der Waals surface area contributed by atoms with Crippen molar-refractivity contribution in [3.8, 4) is 11.5 Å². The molecule has 0 atom stereocenters. The lowest BCUT2D eigenvalue weighted by atomic mass is 10.3. The van der Waals surface area contributed by atoms with E-state index in [9.17, 15) is 4.79 Å². The molecule has 0 aliphatic rings. The van der Waals surface area contributed by atoms with Gasteiger partial charge in [-0.2, -0.15) is 0 Å². The number of hydrogen-bond acceptors (Lipinski definition) is 4. The second-order valence-electron chi connectivity index (χ2n) is 2.87. The maximum absolute atomic E-state index is 11.3. The third kappa shape index (κ3) is 3.59. The van der Waals surface area contributed by atoms with Gasteiger partial charge in [-0.15, -0.1) is 0 Å². The maximum atomic E-state index is 11.3. The van der Waals surface area contributed by atoms with Gasteiger partial charge in [-0.05, 0) is 12.1 Å². The van der Waals surface area contributed by atoms with Gasteiger partial charge in [0.2, 0.25) is 0 Å². The number of carbonyl (C=O) groups is 1. The van der Waals surface area contributed by atoms with Crippen molar-refractivity contribution in [2.24, 2.45) is 0 Å². The third-order valence-corrected chi connectivity index (χ3v) is 1.80. The Kier molecular flexibility index (Phi) is 4.63. The minimum absolute atomic E-state index is 0.231. The van der Waals surface area contributed by atoms with E-state index in [0.717, 1.165) is 0 Å². The predicted octanol–water partition coefficient (Wildman–Crippen LogP) is 1.64. The monoisotopic (exact) mass is 210 g/mol. The van der Waals surface area contributed by atoms with Crippen LogP contribution in [0.15, 0.2) is 24.3 Å². The van der Waals surface area contributed by atoms with Crippen LogP contribution in [0.5, 0.6) is 11.5 Å². The van der Waals surface area contributed by atoms with E-state index in [-0.39, 0.29) is 12.4 Å². The molecule has 1 aromatic rings. The molecule has 4 nitrogen and oxygen atoms in total. The first-order chi connectivity index (χ1) is 7.27. The van der Waals surface area contributed by atoms with E-state index in [1.165, 1.54) is 14.2 Å². The van der Waals surface area contributed by atoms with Gasteiger partial charge in [-0.3, -0.25) is 4.79 Å². The van der Waals surface area contributed by atoms with Crippen LogP contribution in [0.25, 0.3) is 0 Å². The van der Waals surface area contributed by atoms with Crippen molar-refractivity contribution in [2.75, 3.05) is 20.8 Å². The summed E-state index contributed by atoms with van der Waals surface area (Å²) in [7, 11) is 3.07. The molecule has 0 spiro atoms. The number of carbonyl (C=O) groups excluding carboxylic acids is 1. The Morgan fingerprint density at radius 3 is 2.47 bits per heavy atom. The van der Waals surface area contributed by atoms with Crippen LogP contribution in [-0.4, -0.2) is 26.8 Å². The number of esters is 1. The van der Waals surface area contributed by atoms with Gasteiger partial charge in [-0.25, -0.2) is 0 Å². The average Bonchev–Trinajstić information content (AvgIpc) is 2.27. The smallest absolute Gasteiger partial charge is 0.313 e. The SMILES string of the molecule is COCCC(=O)Oc1ccccc1OC. The molecule has 0 aromatic heterocycles. The number of hydrogen-bond donors (Lipinski definition) is 0. The largest absolute Gasteiger partial charge is 0.493 e. The summed E-state index contributed by atoms with van der Waals surface area (Å²) in [6.45, 7) is 0.355. The fourth-order valence-corrected chi connectivity index (χ4v) is 1.06. The van der Waals surface area contributed by atoms with Gasteiger partial charge in [0.1, 0.15) is 0 Å². The summed E-state index contributed by atoms with van der Waals surface area (Å²) in [5, 5.41) is 0. The van der Waals surface area contributed by atoms with Crippen molar-refractivity contribution in [1.29, 1.82) is 0 Å². The van der Waals surface area contributed by atoms with Crippen molar-refractivity contribution in [3.63, 3.8) is 0 Å². The molecule has 0 heterocycles. The van der Waals surface area contributed by atoms with Crippen LogP contribution >= 0.6 is 0 Å². The molecule has 4 heteroatoms. The van der Waals surface area contributed by atoms with Gasteiger partial charge >= 0.3 is 5.97 Å². The number of methoxy groups -OCH3 is 2. The number of ether oxygens (including phenoxy) is 3. The molecule has 0 saturated heterocycles. The minimum Gasteiger partial charge on any atom is -0.493 e. The van der Waals surface area contributed by atoms with Crippen molar-refractivity contribution in [2.45, 2.75) is 6.42 Å². The van der Waals surface area contributed by atoms with Crippen molar-refractivity contribution >= 4 is 5.97 Å². The first-order valence-corrected chi connectivity index (χ1v) is 4.60. The third-order valence-electron chi connectivity index (χ3n) is 1.80. The Morgan fingerprint density at radius 1 is 1.20 bits per heavy atom. The van der Waals surface area contributed by atoms with Gasteiger partial charge < -0.3 is 14.2 Å². The van der Waals surface area contributed by atoms with E-state index < -0.39 is 0 Å². The Morgan fingerprint density at radius 2 is 1.87 bits per heavy atom. The van der Waals surface area contributed by atoms with Crippen LogP contribution in [0.4, 0.5) is 0 Å². The molecule has 0 bridgehead atoms. The normalized spacial score (nSPS) is 9.73. The molecule has 82 valence electrons. The van der Waals surface area contributed by atoms with E-state index in [1.807, 2.05) is 6.07 Å². The van der Waals surface area contributed by atoms with Crippen LogP contribution in [0, 0.1) is 0 Å². The van der Waals surface area contributed by atoms with Gasteiger partial charge in [0.15, 0.2) is 11.5 Å². The first-order valence-electron chi connectivity index (χ1n) is 4.60. The van der Waals surface area contributed by atoms with Gasteiger partial charge in [0.25, 0.3) is 0 Å². The minimum atomic E-state index is -0.332. The van der Waals surface area contributed by atoms with Crippen molar-refractivity contribution in [1.82, 2.24) is 0 Å². The standard InChI is InChI=1S/C11H14O4/c1-13-8-7-11(12)15-10-6-4-3-5-9(10)14-2/h3-6H,7-8H2,1-2H3. The van der Waals surface area contributed by atoms with Gasteiger partial charge in [0.05, 0.1) is 20.1 Å². The zero-order chi connectivity index (χ0) is 11.1. The highest BCUT2D eigenvalue weighted by Gasteiger charge is 2.08. The molecule has 0 amide bonds. The second-order valence-corrected chi connectivity index (χ2v) is 2.87. The summed E-state index contributed by atoms with van der Waals surface area (Å²) in [5.74, 6) is 0.644.